The van der Waals surface area contributed by atoms with Crippen LogP contribution in [0.4, 0.5) is 5.82 Å². The predicted octanol–water partition coefficient (Wildman–Crippen LogP) is 3.13. The second kappa shape index (κ2) is 7.75. The molecule has 1 aliphatic heterocycles. The maximum absolute atomic E-state index is 11.3. The third-order valence-electron chi connectivity index (χ3n) is 5.78. The number of fused-ring (bicyclic) bond motifs is 3. The summed E-state index contributed by atoms with van der Waals surface area (Å²) < 4.78 is 1.95. The first kappa shape index (κ1) is 18.7. The number of carboxylic acid groups (broad SMARTS) is 1. The molecule has 3 aromatic rings. The van der Waals surface area contributed by atoms with Gasteiger partial charge in [-0.2, -0.15) is 0 Å². The second-order valence-electron chi connectivity index (χ2n) is 7.67. The zero-order valence-corrected chi connectivity index (χ0v) is 16.6. The van der Waals surface area contributed by atoms with Gasteiger partial charge >= 0.3 is 5.97 Å². The first-order chi connectivity index (χ1) is 13.6. The number of anilines is 1. The Bertz CT molecular complexity index is 1010. The van der Waals surface area contributed by atoms with Crippen LogP contribution in [0.5, 0.6) is 0 Å². The van der Waals surface area contributed by atoms with E-state index in [2.05, 4.69) is 26.8 Å². The van der Waals surface area contributed by atoms with Gasteiger partial charge in [-0.25, -0.2) is 14.8 Å². The zero-order valence-electron chi connectivity index (χ0n) is 16.6. The first-order valence-electron chi connectivity index (χ1n) is 9.96. The molecule has 3 heterocycles. The number of likely N-dealkylation sites (tertiary alicyclic amines) is 1. The van der Waals surface area contributed by atoms with Gasteiger partial charge in [0.05, 0.1) is 16.5 Å². The van der Waals surface area contributed by atoms with Crippen LogP contribution in [0.1, 0.15) is 36.0 Å². The highest BCUT2D eigenvalue weighted by Crippen LogP contribution is 2.33. The molecule has 1 fully saturated rings. The maximum Gasteiger partial charge on any atom is 0.335 e. The molecule has 0 saturated carbocycles. The SMILES string of the molecule is CN(CCCN1CCCCC1)c1ncnc2c1c1ccc(C(=O)O)cc1n2C. The number of benzene rings is 1. The van der Waals surface area contributed by atoms with E-state index in [0.29, 0.717) is 0 Å². The molecule has 0 atom stereocenters. The third-order valence-corrected chi connectivity index (χ3v) is 5.78. The van der Waals surface area contributed by atoms with Crippen LogP contribution >= 0.6 is 0 Å². The molecule has 0 spiro atoms. The molecule has 0 aliphatic carbocycles. The number of aromatic nitrogens is 3. The summed E-state index contributed by atoms with van der Waals surface area (Å²) in [6.45, 7) is 4.48. The van der Waals surface area contributed by atoms with Crippen molar-refractivity contribution < 1.29 is 9.90 Å². The molecule has 0 bridgehead atoms. The van der Waals surface area contributed by atoms with Crippen molar-refractivity contribution in [3.8, 4) is 0 Å². The van der Waals surface area contributed by atoms with Crippen molar-refractivity contribution in [2.24, 2.45) is 7.05 Å². The Morgan fingerprint density at radius 3 is 2.75 bits per heavy atom. The van der Waals surface area contributed by atoms with Gasteiger partial charge in [0, 0.05) is 26.0 Å². The zero-order chi connectivity index (χ0) is 19.7. The van der Waals surface area contributed by atoms with Gasteiger partial charge in [0.1, 0.15) is 17.8 Å². The van der Waals surface area contributed by atoms with E-state index in [1.165, 1.54) is 32.4 Å². The minimum atomic E-state index is -0.923. The molecular weight excluding hydrogens is 354 g/mol. The number of hydrogen-bond donors (Lipinski definition) is 1. The van der Waals surface area contributed by atoms with Gasteiger partial charge in [-0.15, -0.1) is 0 Å². The summed E-state index contributed by atoms with van der Waals surface area (Å²) in [5, 5.41) is 11.3. The quantitative estimate of drug-likeness (QED) is 0.707. The summed E-state index contributed by atoms with van der Waals surface area (Å²) in [5.74, 6) is -0.0226. The van der Waals surface area contributed by atoms with Crippen LogP contribution in [0.2, 0.25) is 0 Å². The topological polar surface area (TPSA) is 74.5 Å². The van der Waals surface area contributed by atoms with E-state index in [0.717, 1.165) is 47.3 Å². The minimum Gasteiger partial charge on any atom is -0.478 e. The Balaban J connectivity index is 1.62. The van der Waals surface area contributed by atoms with Crippen molar-refractivity contribution in [3.63, 3.8) is 0 Å². The monoisotopic (exact) mass is 381 g/mol. The normalized spacial score (nSPS) is 15.4. The van der Waals surface area contributed by atoms with Crippen molar-refractivity contribution in [1.82, 2.24) is 19.4 Å². The number of nitrogens with zero attached hydrogens (tertiary/aromatic N) is 5. The molecule has 148 valence electrons. The highest BCUT2D eigenvalue weighted by molar-refractivity contribution is 6.13. The molecule has 1 N–H and O–H groups in total. The maximum atomic E-state index is 11.3. The summed E-state index contributed by atoms with van der Waals surface area (Å²) in [7, 11) is 3.99. The van der Waals surface area contributed by atoms with Crippen molar-refractivity contribution in [2.75, 3.05) is 38.1 Å². The number of rotatable bonds is 6. The van der Waals surface area contributed by atoms with Gasteiger partial charge in [-0.1, -0.05) is 12.5 Å². The smallest absolute Gasteiger partial charge is 0.335 e. The Kier molecular flexibility index (Phi) is 5.17. The average Bonchev–Trinajstić information content (AvgIpc) is 3.01. The Hall–Kier alpha value is -2.67. The van der Waals surface area contributed by atoms with E-state index in [-0.39, 0.29) is 5.56 Å². The lowest BCUT2D eigenvalue weighted by molar-refractivity contribution is 0.0697. The van der Waals surface area contributed by atoms with Crippen molar-refractivity contribution in [2.45, 2.75) is 25.7 Å². The van der Waals surface area contributed by atoms with Crippen LogP contribution in [0.25, 0.3) is 21.9 Å². The fraction of sp³-hybridized carbons (Fsp3) is 0.476. The molecule has 0 amide bonds. The molecule has 4 rings (SSSR count). The number of piperidine rings is 1. The van der Waals surface area contributed by atoms with Crippen LogP contribution in [0, 0.1) is 0 Å². The lowest BCUT2D eigenvalue weighted by Crippen LogP contribution is -2.32. The van der Waals surface area contributed by atoms with E-state index < -0.39 is 5.97 Å². The summed E-state index contributed by atoms with van der Waals surface area (Å²) in [6, 6.07) is 5.23. The van der Waals surface area contributed by atoms with Gasteiger partial charge in [0.15, 0.2) is 0 Å². The number of aryl methyl sites for hydroxylation is 1. The molecular formula is C21H27N5O2. The van der Waals surface area contributed by atoms with Gasteiger partial charge in [-0.3, -0.25) is 0 Å². The molecule has 2 aromatic heterocycles. The highest BCUT2D eigenvalue weighted by Gasteiger charge is 2.18. The highest BCUT2D eigenvalue weighted by atomic mass is 16.4. The average molecular weight is 381 g/mol. The molecule has 0 radical (unpaired) electrons. The standard InChI is InChI=1S/C21H27N5O2/c1-24(9-6-12-26-10-4-3-5-11-26)19-18-16-8-7-15(21(27)28)13-17(16)25(2)20(18)23-14-22-19/h7-8,13-14H,3-6,9-12H2,1-2H3,(H,27,28). The number of carbonyl (C=O) groups is 1. The molecule has 28 heavy (non-hydrogen) atoms. The Morgan fingerprint density at radius 2 is 2.00 bits per heavy atom. The number of aromatic carboxylic acids is 1. The van der Waals surface area contributed by atoms with Gasteiger partial charge in [0.25, 0.3) is 0 Å². The predicted molar refractivity (Wildman–Crippen MR) is 111 cm³/mol. The number of carboxylic acids is 1. The summed E-state index contributed by atoms with van der Waals surface area (Å²) >= 11 is 0. The van der Waals surface area contributed by atoms with E-state index in [9.17, 15) is 9.90 Å². The van der Waals surface area contributed by atoms with Crippen molar-refractivity contribution >= 4 is 33.7 Å². The van der Waals surface area contributed by atoms with Crippen LogP contribution in [-0.4, -0.2) is 63.7 Å². The number of hydrogen-bond acceptors (Lipinski definition) is 5. The molecule has 1 saturated heterocycles. The molecule has 7 nitrogen and oxygen atoms in total. The summed E-state index contributed by atoms with van der Waals surface area (Å²) in [4.78, 5) is 25.1. The van der Waals surface area contributed by atoms with Crippen LogP contribution < -0.4 is 4.90 Å². The molecule has 1 aliphatic rings. The van der Waals surface area contributed by atoms with Crippen molar-refractivity contribution in [3.05, 3.63) is 30.1 Å². The molecule has 0 unspecified atom stereocenters. The van der Waals surface area contributed by atoms with Crippen LogP contribution in [0.15, 0.2) is 24.5 Å². The van der Waals surface area contributed by atoms with E-state index in [4.69, 9.17) is 0 Å². The first-order valence-corrected chi connectivity index (χ1v) is 9.96. The van der Waals surface area contributed by atoms with E-state index in [1.807, 2.05) is 17.7 Å². The van der Waals surface area contributed by atoms with Gasteiger partial charge in [-0.05, 0) is 51.0 Å². The lowest BCUT2D eigenvalue weighted by Gasteiger charge is -2.27. The molecule has 7 heteroatoms. The summed E-state index contributed by atoms with van der Waals surface area (Å²) in [5.41, 5.74) is 1.96. The summed E-state index contributed by atoms with van der Waals surface area (Å²) in [6.07, 6.45) is 6.68. The second-order valence-corrected chi connectivity index (χ2v) is 7.67. The van der Waals surface area contributed by atoms with Crippen molar-refractivity contribution in [1.29, 1.82) is 0 Å². The van der Waals surface area contributed by atoms with E-state index in [1.54, 1.807) is 18.5 Å². The fourth-order valence-corrected chi connectivity index (χ4v) is 4.24. The molecule has 1 aromatic carbocycles. The Morgan fingerprint density at radius 1 is 1.21 bits per heavy atom. The van der Waals surface area contributed by atoms with Crippen LogP contribution in [0.3, 0.4) is 0 Å². The Labute approximate surface area is 164 Å². The van der Waals surface area contributed by atoms with E-state index >= 15 is 0 Å². The van der Waals surface area contributed by atoms with Gasteiger partial charge in [0.2, 0.25) is 0 Å². The lowest BCUT2D eigenvalue weighted by atomic mass is 10.1. The largest absolute Gasteiger partial charge is 0.478 e. The van der Waals surface area contributed by atoms with Crippen LogP contribution in [-0.2, 0) is 7.05 Å². The minimum absolute atomic E-state index is 0.280. The third kappa shape index (κ3) is 3.42. The fourth-order valence-electron chi connectivity index (χ4n) is 4.24. The van der Waals surface area contributed by atoms with Gasteiger partial charge < -0.3 is 19.5 Å².